The lowest BCUT2D eigenvalue weighted by Crippen LogP contribution is -2.47. The Hall–Kier alpha value is -3.37. The standard InChI is InChI=1S/C28H25F4NO4S/c1-17-22(19-5-3-2-4-6-19)12-21(38-17)15-36-20-10-24(29)23-9-18(14-37-25(23)11-20)13-33-8-7-27(16-33,26(34)35)28(30,31)32/h2-6,9-12H,7-8,13-16H2,1H3,(H,34,35). The zero-order valence-corrected chi connectivity index (χ0v) is 21.3. The van der Waals surface area contributed by atoms with E-state index >= 15 is 0 Å². The molecule has 0 bridgehead atoms. The molecule has 38 heavy (non-hydrogen) atoms. The summed E-state index contributed by atoms with van der Waals surface area (Å²) in [6.45, 7) is 1.74. The van der Waals surface area contributed by atoms with Crippen molar-refractivity contribution in [2.45, 2.75) is 26.1 Å². The molecular weight excluding hydrogens is 522 g/mol. The molecule has 5 nitrogen and oxygen atoms in total. The van der Waals surface area contributed by atoms with Crippen molar-refractivity contribution in [1.29, 1.82) is 0 Å². The van der Waals surface area contributed by atoms with Crippen LogP contribution in [0.4, 0.5) is 17.6 Å². The van der Waals surface area contributed by atoms with Gasteiger partial charge in [0.15, 0.2) is 5.41 Å². The maximum absolute atomic E-state index is 15.0. The molecule has 2 aromatic carbocycles. The molecule has 3 heterocycles. The highest BCUT2D eigenvalue weighted by Gasteiger charge is 2.63. The second-order valence-electron chi connectivity index (χ2n) is 9.59. The number of hydrogen-bond donors (Lipinski definition) is 1. The zero-order valence-electron chi connectivity index (χ0n) is 20.5. The first-order valence-corrected chi connectivity index (χ1v) is 12.8. The van der Waals surface area contributed by atoms with E-state index in [0.29, 0.717) is 11.3 Å². The molecule has 0 radical (unpaired) electrons. The zero-order chi connectivity index (χ0) is 27.1. The third-order valence-electron chi connectivity index (χ3n) is 6.99. The van der Waals surface area contributed by atoms with Crippen LogP contribution in [-0.2, 0) is 11.4 Å². The van der Waals surface area contributed by atoms with E-state index < -0.39 is 36.3 Å². The molecule has 2 aliphatic heterocycles. The van der Waals surface area contributed by atoms with Gasteiger partial charge in [0.2, 0.25) is 0 Å². The van der Waals surface area contributed by atoms with Gasteiger partial charge in [-0.25, -0.2) is 4.39 Å². The summed E-state index contributed by atoms with van der Waals surface area (Å²) in [7, 11) is 0. The van der Waals surface area contributed by atoms with Crippen LogP contribution >= 0.6 is 11.3 Å². The largest absolute Gasteiger partial charge is 0.488 e. The van der Waals surface area contributed by atoms with Crippen LogP contribution < -0.4 is 9.47 Å². The van der Waals surface area contributed by atoms with Gasteiger partial charge >= 0.3 is 12.1 Å². The summed E-state index contributed by atoms with van der Waals surface area (Å²) in [5, 5.41) is 9.25. The third kappa shape index (κ3) is 5.02. The average Bonchev–Trinajstić information content (AvgIpc) is 3.48. The Kier molecular flexibility index (Phi) is 6.96. The van der Waals surface area contributed by atoms with Gasteiger partial charge in [-0.1, -0.05) is 30.3 Å². The molecule has 0 saturated carbocycles. The van der Waals surface area contributed by atoms with Gasteiger partial charge in [0.1, 0.15) is 30.5 Å². The highest BCUT2D eigenvalue weighted by molar-refractivity contribution is 7.12. The summed E-state index contributed by atoms with van der Waals surface area (Å²) in [4.78, 5) is 15.0. The van der Waals surface area contributed by atoms with Crippen LogP contribution in [0, 0.1) is 18.2 Å². The van der Waals surface area contributed by atoms with Crippen molar-refractivity contribution < 1.29 is 36.9 Å². The predicted octanol–water partition coefficient (Wildman–Crippen LogP) is 6.56. The highest BCUT2D eigenvalue weighted by Crippen LogP contribution is 2.46. The SMILES string of the molecule is Cc1sc(COc2cc(F)c3c(c2)OCC(CN2CCC(C(=O)O)(C(F)(F)F)C2)=C3)cc1-c1ccccc1. The summed E-state index contributed by atoms with van der Waals surface area (Å²) in [6.07, 6.45) is -3.83. The second-order valence-corrected chi connectivity index (χ2v) is 10.9. The molecule has 1 aromatic heterocycles. The first-order chi connectivity index (χ1) is 18.1. The van der Waals surface area contributed by atoms with Crippen LogP contribution in [0.15, 0.2) is 54.1 Å². The molecule has 0 spiro atoms. The van der Waals surface area contributed by atoms with Gasteiger partial charge in [0.05, 0.1) is 5.56 Å². The van der Waals surface area contributed by atoms with E-state index in [1.54, 1.807) is 23.5 Å². The van der Waals surface area contributed by atoms with Crippen LogP contribution in [0.2, 0.25) is 0 Å². The Morgan fingerprint density at radius 3 is 2.66 bits per heavy atom. The second kappa shape index (κ2) is 10.1. The number of carboxylic acid groups (broad SMARTS) is 1. The Bertz CT molecular complexity index is 1390. The van der Waals surface area contributed by atoms with Gasteiger partial charge in [-0.05, 0) is 42.2 Å². The first kappa shape index (κ1) is 26.2. The molecule has 0 amide bonds. The maximum Gasteiger partial charge on any atom is 0.406 e. The number of likely N-dealkylation sites (tertiary alicyclic amines) is 1. The van der Waals surface area contributed by atoms with Crippen molar-refractivity contribution in [1.82, 2.24) is 4.90 Å². The van der Waals surface area contributed by atoms with Crippen molar-refractivity contribution >= 4 is 23.4 Å². The molecule has 2 aliphatic rings. The molecule has 1 unspecified atom stereocenters. The molecule has 1 atom stereocenters. The number of carboxylic acids is 1. The van der Waals surface area contributed by atoms with E-state index in [9.17, 15) is 27.5 Å². The molecule has 200 valence electrons. The van der Waals surface area contributed by atoms with Crippen molar-refractivity contribution in [3.63, 3.8) is 0 Å². The number of halogens is 4. The number of carbonyl (C=O) groups is 1. The number of alkyl halides is 3. The monoisotopic (exact) mass is 547 g/mol. The van der Waals surface area contributed by atoms with Crippen molar-refractivity contribution in [2.24, 2.45) is 5.41 Å². The van der Waals surface area contributed by atoms with Gasteiger partial charge in [-0.15, -0.1) is 11.3 Å². The molecule has 1 N–H and O–H groups in total. The van der Waals surface area contributed by atoms with Crippen LogP contribution in [0.3, 0.4) is 0 Å². The summed E-state index contributed by atoms with van der Waals surface area (Å²) in [5.74, 6) is -1.85. The third-order valence-corrected chi connectivity index (χ3v) is 8.01. The van der Waals surface area contributed by atoms with Crippen molar-refractivity contribution in [3.05, 3.63) is 75.2 Å². The maximum atomic E-state index is 15.0. The summed E-state index contributed by atoms with van der Waals surface area (Å²) in [5.41, 5.74) is 0.207. The van der Waals surface area contributed by atoms with E-state index in [4.69, 9.17) is 9.47 Å². The molecule has 10 heteroatoms. The average molecular weight is 548 g/mol. The lowest BCUT2D eigenvalue weighted by atomic mass is 9.86. The minimum Gasteiger partial charge on any atom is -0.488 e. The highest BCUT2D eigenvalue weighted by atomic mass is 32.1. The minimum absolute atomic E-state index is 0.0283. The first-order valence-electron chi connectivity index (χ1n) is 12.0. The number of fused-ring (bicyclic) bond motifs is 1. The fraction of sp³-hybridized carbons (Fsp3) is 0.321. The summed E-state index contributed by atoms with van der Waals surface area (Å²) in [6, 6.07) is 14.9. The van der Waals surface area contributed by atoms with Crippen LogP contribution in [0.1, 0.15) is 21.7 Å². The molecule has 3 aromatic rings. The van der Waals surface area contributed by atoms with Gasteiger partial charge in [-0.2, -0.15) is 13.2 Å². The fourth-order valence-corrected chi connectivity index (χ4v) is 5.91. The normalized spacial score (nSPS) is 19.6. The minimum atomic E-state index is -4.86. The number of benzene rings is 2. The van der Waals surface area contributed by atoms with Crippen LogP contribution in [0.25, 0.3) is 17.2 Å². The Morgan fingerprint density at radius 2 is 1.97 bits per heavy atom. The van der Waals surface area contributed by atoms with Gasteiger partial charge in [0.25, 0.3) is 0 Å². The molecular formula is C28H25F4NO4S. The summed E-state index contributed by atoms with van der Waals surface area (Å²) < 4.78 is 67.0. The number of ether oxygens (including phenoxy) is 2. The van der Waals surface area contributed by atoms with E-state index in [1.165, 1.54) is 11.0 Å². The molecule has 1 saturated heterocycles. The van der Waals surface area contributed by atoms with E-state index in [-0.39, 0.29) is 37.6 Å². The van der Waals surface area contributed by atoms with E-state index in [0.717, 1.165) is 20.9 Å². The molecule has 1 fully saturated rings. The number of nitrogens with zero attached hydrogens (tertiary/aromatic N) is 1. The Labute approximate surface area is 220 Å². The summed E-state index contributed by atoms with van der Waals surface area (Å²) >= 11 is 1.61. The number of aryl methyl sites for hydroxylation is 1. The van der Waals surface area contributed by atoms with E-state index in [1.807, 2.05) is 37.3 Å². The Balaban J connectivity index is 1.26. The van der Waals surface area contributed by atoms with Crippen molar-refractivity contribution in [3.8, 4) is 22.6 Å². The number of aliphatic carboxylic acids is 1. The van der Waals surface area contributed by atoms with Gasteiger partial charge in [-0.3, -0.25) is 9.69 Å². The van der Waals surface area contributed by atoms with Gasteiger partial charge in [0, 0.05) is 41.5 Å². The smallest absolute Gasteiger partial charge is 0.406 e. The van der Waals surface area contributed by atoms with Gasteiger partial charge < -0.3 is 14.6 Å². The van der Waals surface area contributed by atoms with Crippen molar-refractivity contribution in [2.75, 3.05) is 26.2 Å². The Morgan fingerprint density at radius 1 is 1.21 bits per heavy atom. The molecule has 0 aliphatic carbocycles. The van der Waals surface area contributed by atoms with Crippen LogP contribution in [-0.4, -0.2) is 48.4 Å². The lowest BCUT2D eigenvalue weighted by Gasteiger charge is -2.28. The lowest BCUT2D eigenvalue weighted by molar-refractivity contribution is -0.227. The number of rotatable bonds is 7. The quantitative estimate of drug-likeness (QED) is 0.340. The fourth-order valence-electron chi connectivity index (χ4n) is 4.93. The topological polar surface area (TPSA) is 59.0 Å². The molecule has 5 rings (SSSR count). The number of hydrogen-bond acceptors (Lipinski definition) is 5. The number of thiophene rings is 1. The van der Waals surface area contributed by atoms with Crippen LogP contribution in [0.5, 0.6) is 11.5 Å². The van der Waals surface area contributed by atoms with E-state index in [2.05, 4.69) is 6.07 Å². The predicted molar refractivity (Wildman–Crippen MR) is 136 cm³/mol.